The van der Waals surface area contributed by atoms with Crippen molar-refractivity contribution < 1.29 is 27.5 Å². The lowest BCUT2D eigenvalue weighted by Gasteiger charge is -2.33. The minimum Gasteiger partial charge on any atom is -0.486 e. The Balaban J connectivity index is 1.73. The zero-order valence-electron chi connectivity index (χ0n) is 22.8. The third kappa shape index (κ3) is 6.74. The summed E-state index contributed by atoms with van der Waals surface area (Å²) in [6, 6.07) is 21.3. The van der Waals surface area contributed by atoms with Crippen molar-refractivity contribution in [2.24, 2.45) is 0 Å². The van der Waals surface area contributed by atoms with Crippen LogP contribution in [-0.2, 0) is 26.2 Å². The molecule has 0 saturated heterocycles. The van der Waals surface area contributed by atoms with Crippen molar-refractivity contribution in [1.29, 1.82) is 0 Å². The number of carbonyl (C=O) groups is 2. The van der Waals surface area contributed by atoms with Crippen LogP contribution in [0.4, 0.5) is 5.69 Å². The van der Waals surface area contributed by atoms with Crippen LogP contribution in [0.25, 0.3) is 0 Å². The Hall–Kier alpha value is -4.05. The summed E-state index contributed by atoms with van der Waals surface area (Å²) in [5.41, 5.74) is 1.08. The van der Waals surface area contributed by atoms with Gasteiger partial charge in [0.2, 0.25) is 11.8 Å². The van der Waals surface area contributed by atoms with Gasteiger partial charge in [0.1, 0.15) is 25.8 Å². The fraction of sp³-hybridized carbons (Fsp3) is 0.333. The van der Waals surface area contributed by atoms with E-state index in [1.54, 1.807) is 36.4 Å². The second-order valence-electron chi connectivity index (χ2n) is 9.38. The highest BCUT2D eigenvalue weighted by Gasteiger charge is 2.34. The fourth-order valence-corrected chi connectivity index (χ4v) is 5.93. The molecule has 0 radical (unpaired) electrons. The van der Waals surface area contributed by atoms with Gasteiger partial charge in [0, 0.05) is 19.2 Å². The number of fused-ring (bicyclic) bond motifs is 1. The number of ether oxygens (including phenoxy) is 2. The third-order valence-corrected chi connectivity index (χ3v) is 8.34. The first-order valence-electron chi connectivity index (χ1n) is 13.4. The number of hydrogen-bond acceptors (Lipinski definition) is 6. The number of nitrogens with one attached hydrogen (secondary N) is 1. The van der Waals surface area contributed by atoms with Crippen molar-refractivity contribution in [3.63, 3.8) is 0 Å². The molecule has 3 aromatic carbocycles. The summed E-state index contributed by atoms with van der Waals surface area (Å²) in [6.45, 7) is 4.63. The number of benzene rings is 3. The Kier molecular flexibility index (Phi) is 9.65. The molecule has 2 amide bonds. The van der Waals surface area contributed by atoms with Gasteiger partial charge in [-0.05, 0) is 42.7 Å². The first-order chi connectivity index (χ1) is 19.3. The first kappa shape index (κ1) is 28.9. The summed E-state index contributed by atoms with van der Waals surface area (Å²) >= 11 is 0. The van der Waals surface area contributed by atoms with Gasteiger partial charge in [0.25, 0.3) is 10.0 Å². The van der Waals surface area contributed by atoms with E-state index in [1.165, 1.54) is 17.0 Å². The van der Waals surface area contributed by atoms with E-state index in [0.29, 0.717) is 37.7 Å². The van der Waals surface area contributed by atoms with Gasteiger partial charge in [0.15, 0.2) is 11.5 Å². The number of rotatable bonds is 12. The summed E-state index contributed by atoms with van der Waals surface area (Å²) in [5.74, 6) is 0.126. The quantitative estimate of drug-likeness (QED) is 0.356. The number of carbonyl (C=O) groups excluding carboxylic acids is 2. The second-order valence-corrected chi connectivity index (χ2v) is 11.2. The molecule has 1 aliphatic heterocycles. The summed E-state index contributed by atoms with van der Waals surface area (Å²) in [7, 11) is -4.16. The zero-order valence-corrected chi connectivity index (χ0v) is 23.6. The van der Waals surface area contributed by atoms with Crippen LogP contribution in [0.2, 0.25) is 0 Å². The van der Waals surface area contributed by atoms with Crippen molar-refractivity contribution in [1.82, 2.24) is 10.2 Å². The molecule has 0 bridgehead atoms. The van der Waals surface area contributed by atoms with E-state index in [2.05, 4.69) is 5.32 Å². The maximum absolute atomic E-state index is 14.1. The summed E-state index contributed by atoms with van der Waals surface area (Å²) in [4.78, 5) is 28.7. The minimum absolute atomic E-state index is 0.0417. The molecule has 10 heteroatoms. The van der Waals surface area contributed by atoms with Gasteiger partial charge in [-0.3, -0.25) is 13.9 Å². The molecule has 1 heterocycles. The largest absolute Gasteiger partial charge is 0.486 e. The molecule has 1 N–H and O–H groups in total. The fourth-order valence-electron chi connectivity index (χ4n) is 4.50. The molecule has 1 atom stereocenters. The van der Waals surface area contributed by atoms with E-state index < -0.39 is 28.5 Å². The summed E-state index contributed by atoms with van der Waals surface area (Å²) in [5, 5.41) is 2.88. The highest BCUT2D eigenvalue weighted by atomic mass is 32.2. The van der Waals surface area contributed by atoms with E-state index in [4.69, 9.17) is 9.47 Å². The highest BCUT2D eigenvalue weighted by Crippen LogP contribution is 2.36. The van der Waals surface area contributed by atoms with Crippen LogP contribution >= 0.6 is 0 Å². The van der Waals surface area contributed by atoms with Crippen molar-refractivity contribution in [3.8, 4) is 11.5 Å². The van der Waals surface area contributed by atoms with Gasteiger partial charge in [-0.15, -0.1) is 0 Å². The molecule has 0 aliphatic carbocycles. The van der Waals surface area contributed by atoms with Gasteiger partial charge in [0.05, 0.1) is 10.6 Å². The van der Waals surface area contributed by atoms with Crippen molar-refractivity contribution in [2.45, 2.75) is 44.2 Å². The lowest BCUT2D eigenvalue weighted by atomic mass is 10.1. The molecule has 0 unspecified atom stereocenters. The predicted molar refractivity (Wildman–Crippen MR) is 153 cm³/mol. The van der Waals surface area contributed by atoms with E-state index in [9.17, 15) is 18.0 Å². The summed E-state index contributed by atoms with van der Waals surface area (Å²) < 4.78 is 40.2. The highest BCUT2D eigenvalue weighted by molar-refractivity contribution is 7.92. The Labute approximate surface area is 235 Å². The monoisotopic (exact) mass is 565 g/mol. The van der Waals surface area contributed by atoms with Crippen LogP contribution in [-0.4, -0.2) is 57.5 Å². The van der Waals surface area contributed by atoms with Gasteiger partial charge >= 0.3 is 0 Å². The topological polar surface area (TPSA) is 105 Å². The molecule has 1 aliphatic rings. The molecule has 40 heavy (non-hydrogen) atoms. The average molecular weight is 566 g/mol. The Morgan fingerprint density at radius 2 is 1.55 bits per heavy atom. The normalized spacial score (nSPS) is 13.2. The van der Waals surface area contributed by atoms with Crippen LogP contribution in [0.15, 0.2) is 83.8 Å². The number of hydrogen-bond donors (Lipinski definition) is 1. The van der Waals surface area contributed by atoms with Crippen LogP contribution in [0, 0.1) is 0 Å². The van der Waals surface area contributed by atoms with Gasteiger partial charge in [-0.1, -0.05) is 62.4 Å². The van der Waals surface area contributed by atoms with E-state index in [1.807, 2.05) is 44.2 Å². The van der Waals surface area contributed by atoms with Crippen LogP contribution in [0.5, 0.6) is 11.5 Å². The Morgan fingerprint density at radius 1 is 0.900 bits per heavy atom. The molecule has 0 fully saturated rings. The maximum Gasteiger partial charge on any atom is 0.264 e. The number of anilines is 1. The zero-order chi connectivity index (χ0) is 28.5. The maximum atomic E-state index is 14.1. The third-order valence-electron chi connectivity index (χ3n) is 6.55. The average Bonchev–Trinajstić information content (AvgIpc) is 2.99. The molecular formula is C30H35N3O6S. The molecule has 9 nitrogen and oxygen atoms in total. The molecule has 0 spiro atoms. The molecule has 4 rings (SSSR count). The number of nitrogens with zero attached hydrogens (tertiary/aromatic N) is 2. The lowest BCUT2D eigenvalue weighted by molar-refractivity contribution is -0.140. The van der Waals surface area contributed by atoms with Gasteiger partial charge in [-0.2, -0.15) is 0 Å². The number of sulfonamides is 1. The SMILES string of the molecule is CCCNC(=O)[C@H](CC)N(Cc1ccccc1)C(=O)CN(c1ccc2c(c1)OCCO2)S(=O)(=O)c1ccccc1. The molecular weight excluding hydrogens is 530 g/mol. The van der Waals surface area contributed by atoms with Crippen molar-refractivity contribution >= 4 is 27.5 Å². The molecule has 0 aromatic heterocycles. The van der Waals surface area contributed by atoms with Gasteiger partial charge < -0.3 is 19.7 Å². The van der Waals surface area contributed by atoms with Crippen LogP contribution in [0.1, 0.15) is 32.3 Å². The van der Waals surface area contributed by atoms with E-state index in [-0.39, 0.29) is 23.0 Å². The van der Waals surface area contributed by atoms with Crippen LogP contribution < -0.4 is 19.1 Å². The standard InChI is InChI=1S/C30H35N3O6S/c1-3-17-31-30(35)26(4-2)32(21-23-11-7-5-8-12-23)29(34)22-33(40(36,37)25-13-9-6-10-14-25)24-15-16-27-28(20-24)39-19-18-38-27/h5-16,20,26H,3-4,17-19,21-22H2,1-2H3,(H,31,35)/t26-/m0/s1. The first-order valence-corrected chi connectivity index (χ1v) is 14.9. The van der Waals surface area contributed by atoms with E-state index >= 15 is 0 Å². The lowest BCUT2D eigenvalue weighted by Crippen LogP contribution is -2.52. The van der Waals surface area contributed by atoms with Crippen molar-refractivity contribution in [3.05, 3.63) is 84.4 Å². The Bertz CT molecular complexity index is 1400. The van der Waals surface area contributed by atoms with E-state index in [0.717, 1.165) is 16.3 Å². The smallest absolute Gasteiger partial charge is 0.264 e. The molecule has 212 valence electrons. The molecule has 3 aromatic rings. The van der Waals surface area contributed by atoms with Crippen LogP contribution in [0.3, 0.4) is 0 Å². The molecule has 0 saturated carbocycles. The summed E-state index contributed by atoms with van der Waals surface area (Å²) in [6.07, 6.45) is 1.12. The number of amides is 2. The second kappa shape index (κ2) is 13.3. The van der Waals surface area contributed by atoms with Crippen molar-refractivity contribution in [2.75, 3.05) is 30.6 Å². The minimum atomic E-state index is -4.16. The van der Waals surface area contributed by atoms with Gasteiger partial charge in [-0.25, -0.2) is 8.42 Å². The predicted octanol–water partition coefficient (Wildman–Crippen LogP) is 3.99. The Morgan fingerprint density at radius 3 is 2.20 bits per heavy atom.